The van der Waals surface area contributed by atoms with Gasteiger partial charge in [-0.15, -0.1) is 0 Å². The molecule has 5 heteroatoms. The van der Waals surface area contributed by atoms with Crippen LogP contribution in [-0.2, 0) is 10.2 Å². The summed E-state index contributed by atoms with van der Waals surface area (Å²) in [6.07, 6.45) is 2.48. The molecule has 1 aliphatic rings. The average molecular weight is 311 g/mol. The fraction of sp³-hybridized carbons (Fsp3) is 0.389. The molecule has 1 aliphatic carbocycles. The zero-order chi connectivity index (χ0) is 16.6. The molecule has 2 aromatic rings. The second-order valence-corrected chi connectivity index (χ2v) is 6.36. The molecule has 1 saturated carbocycles. The summed E-state index contributed by atoms with van der Waals surface area (Å²) >= 11 is 0. The maximum Gasteiger partial charge on any atom is 0.307 e. The second-order valence-electron chi connectivity index (χ2n) is 6.36. The van der Waals surface area contributed by atoms with Gasteiger partial charge in [0.1, 0.15) is 5.82 Å². The lowest BCUT2D eigenvalue weighted by atomic mass is 9.92. The number of benzene rings is 1. The predicted molar refractivity (Wildman–Crippen MR) is 88.6 cm³/mol. The zero-order valence-corrected chi connectivity index (χ0v) is 13.7. The predicted octanol–water partition coefficient (Wildman–Crippen LogP) is 2.57. The molecule has 1 aromatic carbocycles. The minimum Gasteiger partial charge on any atom is -0.481 e. The van der Waals surface area contributed by atoms with Crippen molar-refractivity contribution < 1.29 is 9.90 Å². The van der Waals surface area contributed by atoms with Crippen molar-refractivity contribution in [1.29, 1.82) is 0 Å². The van der Waals surface area contributed by atoms with Crippen LogP contribution in [0.15, 0.2) is 36.5 Å². The Kier molecular flexibility index (Phi) is 3.80. The molecular weight excluding hydrogens is 290 g/mol. The highest BCUT2D eigenvalue weighted by Gasteiger charge is 2.60. The van der Waals surface area contributed by atoms with Gasteiger partial charge in [-0.3, -0.25) is 4.79 Å². The molecule has 0 unspecified atom stereocenters. The average Bonchev–Trinajstić information content (AvgIpc) is 3.24. The number of carboxylic acid groups (broad SMARTS) is 1. The van der Waals surface area contributed by atoms with Crippen LogP contribution >= 0.6 is 0 Å². The minimum absolute atomic E-state index is 0.334. The van der Waals surface area contributed by atoms with Crippen molar-refractivity contribution in [3.8, 4) is 0 Å². The number of hydrogen-bond acceptors (Lipinski definition) is 4. The van der Waals surface area contributed by atoms with E-state index in [4.69, 9.17) is 0 Å². The number of anilines is 1. The van der Waals surface area contributed by atoms with Crippen LogP contribution in [0.5, 0.6) is 0 Å². The van der Waals surface area contributed by atoms with Crippen molar-refractivity contribution in [3.63, 3.8) is 0 Å². The standard InChI is InChI=1S/C18H21N3O2/c1-12-16(10-19-13(2)20-12)21(3)11-18(9-15(18)17(22)23)14-7-5-4-6-8-14/h4-8,10,15H,9,11H2,1-3H3,(H,22,23)/t15-,18+/m0/s1. The fourth-order valence-electron chi connectivity index (χ4n) is 3.44. The van der Waals surface area contributed by atoms with E-state index in [1.54, 1.807) is 0 Å². The van der Waals surface area contributed by atoms with Gasteiger partial charge >= 0.3 is 5.97 Å². The monoisotopic (exact) mass is 311 g/mol. The molecule has 5 nitrogen and oxygen atoms in total. The minimum atomic E-state index is -0.723. The Labute approximate surface area is 136 Å². The Bertz CT molecular complexity index is 732. The Morgan fingerprint density at radius 2 is 2.04 bits per heavy atom. The zero-order valence-electron chi connectivity index (χ0n) is 13.7. The maximum absolute atomic E-state index is 11.5. The van der Waals surface area contributed by atoms with Gasteiger partial charge in [0, 0.05) is 19.0 Å². The highest BCUT2D eigenvalue weighted by atomic mass is 16.4. The third-order valence-corrected chi connectivity index (χ3v) is 4.73. The highest BCUT2D eigenvalue weighted by molar-refractivity contribution is 5.77. The van der Waals surface area contributed by atoms with E-state index in [9.17, 15) is 9.90 Å². The van der Waals surface area contributed by atoms with Crippen LogP contribution in [0.25, 0.3) is 0 Å². The van der Waals surface area contributed by atoms with Crippen LogP contribution in [0.1, 0.15) is 23.5 Å². The van der Waals surface area contributed by atoms with Crippen molar-refractivity contribution in [3.05, 3.63) is 53.6 Å². The van der Waals surface area contributed by atoms with Crippen molar-refractivity contribution >= 4 is 11.7 Å². The number of carbonyl (C=O) groups is 1. The van der Waals surface area contributed by atoms with E-state index < -0.39 is 5.97 Å². The first-order chi connectivity index (χ1) is 10.9. The van der Waals surface area contributed by atoms with Crippen LogP contribution in [0.4, 0.5) is 5.69 Å². The van der Waals surface area contributed by atoms with Crippen molar-refractivity contribution in [2.24, 2.45) is 5.92 Å². The largest absolute Gasteiger partial charge is 0.481 e. The number of rotatable bonds is 5. The van der Waals surface area contributed by atoms with E-state index >= 15 is 0 Å². The summed E-state index contributed by atoms with van der Waals surface area (Å²) in [5.74, 6) is -0.314. The first-order valence-electron chi connectivity index (χ1n) is 7.74. The Morgan fingerprint density at radius 1 is 1.35 bits per heavy atom. The van der Waals surface area contributed by atoms with Crippen LogP contribution in [0, 0.1) is 19.8 Å². The summed E-state index contributed by atoms with van der Waals surface area (Å²) in [6.45, 7) is 4.46. The van der Waals surface area contributed by atoms with Gasteiger partial charge in [-0.05, 0) is 25.8 Å². The molecule has 23 heavy (non-hydrogen) atoms. The lowest BCUT2D eigenvalue weighted by Gasteiger charge is -2.27. The summed E-state index contributed by atoms with van der Waals surface area (Å²) in [5, 5.41) is 9.48. The van der Waals surface area contributed by atoms with Gasteiger partial charge in [0.2, 0.25) is 0 Å². The van der Waals surface area contributed by atoms with Crippen LogP contribution in [-0.4, -0.2) is 34.6 Å². The summed E-state index contributed by atoms with van der Waals surface area (Å²) < 4.78 is 0. The molecule has 1 aromatic heterocycles. The van der Waals surface area contributed by atoms with Gasteiger partial charge in [-0.2, -0.15) is 0 Å². The summed E-state index contributed by atoms with van der Waals surface area (Å²) in [7, 11) is 1.98. The number of nitrogens with zero attached hydrogens (tertiary/aromatic N) is 3. The van der Waals surface area contributed by atoms with E-state index in [2.05, 4.69) is 14.9 Å². The maximum atomic E-state index is 11.5. The SMILES string of the molecule is Cc1ncc(N(C)C[C@@]2(c3ccccc3)C[C@H]2C(=O)O)c(C)n1. The van der Waals surface area contributed by atoms with Crippen LogP contribution in [0.2, 0.25) is 0 Å². The molecular formula is C18H21N3O2. The van der Waals surface area contributed by atoms with E-state index in [0.29, 0.717) is 13.0 Å². The van der Waals surface area contributed by atoms with Crippen LogP contribution < -0.4 is 4.90 Å². The number of likely N-dealkylation sites (N-methyl/N-ethyl adjacent to an activating group) is 1. The molecule has 0 amide bonds. The fourth-order valence-corrected chi connectivity index (χ4v) is 3.44. The topological polar surface area (TPSA) is 66.3 Å². The van der Waals surface area contributed by atoms with Gasteiger partial charge in [0.05, 0.1) is 23.5 Å². The molecule has 120 valence electrons. The number of hydrogen-bond donors (Lipinski definition) is 1. The number of aryl methyl sites for hydroxylation is 2. The Balaban J connectivity index is 1.90. The van der Waals surface area contributed by atoms with Crippen LogP contribution in [0.3, 0.4) is 0 Å². The van der Waals surface area contributed by atoms with Gasteiger partial charge in [0.15, 0.2) is 0 Å². The lowest BCUT2D eigenvalue weighted by molar-refractivity contribution is -0.139. The summed E-state index contributed by atoms with van der Waals surface area (Å²) in [5.41, 5.74) is 2.61. The molecule has 1 fully saturated rings. The third kappa shape index (κ3) is 2.79. The normalized spacial score (nSPS) is 22.7. The smallest absolute Gasteiger partial charge is 0.307 e. The molecule has 0 spiro atoms. The lowest BCUT2D eigenvalue weighted by Crippen LogP contribution is -2.32. The van der Waals surface area contributed by atoms with E-state index in [1.165, 1.54) is 0 Å². The van der Waals surface area contributed by atoms with E-state index in [-0.39, 0.29) is 11.3 Å². The molecule has 0 bridgehead atoms. The first-order valence-corrected chi connectivity index (χ1v) is 7.74. The second kappa shape index (κ2) is 5.65. The van der Waals surface area contributed by atoms with Gasteiger partial charge in [-0.1, -0.05) is 30.3 Å². The number of aromatic nitrogens is 2. The van der Waals surface area contributed by atoms with E-state index in [1.807, 2.05) is 57.4 Å². The van der Waals surface area contributed by atoms with Crippen molar-refractivity contribution in [2.75, 3.05) is 18.5 Å². The Hall–Kier alpha value is -2.43. The van der Waals surface area contributed by atoms with Gasteiger partial charge in [-0.25, -0.2) is 9.97 Å². The first kappa shape index (κ1) is 15.5. The molecule has 1 heterocycles. The molecule has 0 saturated heterocycles. The van der Waals surface area contributed by atoms with Gasteiger partial charge < -0.3 is 10.0 Å². The third-order valence-electron chi connectivity index (χ3n) is 4.73. The summed E-state index contributed by atoms with van der Waals surface area (Å²) in [6, 6.07) is 9.94. The molecule has 0 aliphatic heterocycles. The van der Waals surface area contributed by atoms with Crippen molar-refractivity contribution in [1.82, 2.24) is 9.97 Å². The summed E-state index contributed by atoms with van der Waals surface area (Å²) in [4.78, 5) is 22.3. The number of aliphatic carboxylic acids is 1. The molecule has 3 rings (SSSR count). The van der Waals surface area contributed by atoms with Crippen molar-refractivity contribution in [2.45, 2.75) is 25.7 Å². The molecule has 1 N–H and O–H groups in total. The molecule has 2 atom stereocenters. The molecule has 0 radical (unpaired) electrons. The highest BCUT2D eigenvalue weighted by Crippen LogP contribution is 2.55. The number of carboxylic acids is 1. The van der Waals surface area contributed by atoms with Gasteiger partial charge in [0.25, 0.3) is 0 Å². The Morgan fingerprint density at radius 3 is 2.61 bits per heavy atom. The quantitative estimate of drug-likeness (QED) is 0.919. The van der Waals surface area contributed by atoms with E-state index in [0.717, 1.165) is 22.8 Å².